The molecule has 16 heavy (non-hydrogen) atoms. The third-order valence-electron chi connectivity index (χ3n) is 2.29. The van der Waals surface area contributed by atoms with E-state index in [9.17, 15) is 9.59 Å². The van der Waals surface area contributed by atoms with E-state index in [2.05, 4.69) is 5.32 Å². The zero-order valence-electron chi connectivity index (χ0n) is 10.4. The Bertz CT molecular complexity index is 248. The van der Waals surface area contributed by atoms with E-state index in [-0.39, 0.29) is 23.8 Å². The van der Waals surface area contributed by atoms with Gasteiger partial charge in [-0.15, -0.1) is 0 Å². The van der Waals surface area contributed by atoms with Gasteiger partial charge >= 0.3 is 5.97 Å². The van der Waals surface area contributed by atoms with Crippen LogP contribution in [-0.4, -0.2) is 35.0 Å². The Morgan fingerprint density at radius 1 is 1.38 bits per heavy atom. The molecule has 1 unspecified atom stereocenters. The fourth-order valence-electron chi connectivity index (χ4n) is 1.21. The Hall–Kier alpha value is -0.710. The van der Waals surface area contributed by atoms with E-state index in [1.807, 2.05) is 27.0 Å². The van der Waals surface area contributed by atoms with Gasteiger partial charge in [0, 0.05) is 18.2 Å². The molecule has 0 aromatic rings. The highest BCUT2D eigenvalue weighted by Gasteiger charge is 2.28. The van der Waals surface area contributed by atoms with Gasteiger partial charge in [-0.05, 0) is 11.7 Å². The van der Waals surface area contributed by atoms with Crippen LogP contribution in [-0.2, 0) is 9.59 Å². The minimum absolute atomic E-state index is 0.0332. The number of carbonyl (C=O) groups is 2. The molecule has 0 radical (unpaired) electrons. The molecule has 4 nitrogen and oxygen atoms in total. The molecule has 5 heteroatoms. The third-order valence-corrected chi connectivity index (χ3v) is 2.90. The first-order chi connectivity index (χ1) is 7.27. The molecular formula is C11H21NO3S. The highest BCUT2D eigenvalue weighted by Crippen LogP contribution is 2.22. The van der Waals surface area contributed by atoms with Crippen LogP contribution in [0, 0.1) is 5.41 Å². The number of carboxylic acid groups (broad SMARTS) is 1. The molecule has 0 aromatic carbocycles. The summed E-state index contributed by atoms with van der Waals surface area (Å²) < 4.78 is 0. The highest BCUT2D eigenvalue weighted by molar-refractivity contribution is 7.98. The van der Waals surface area contributed by atoms with Gasteiger partial charge in [0.05, 0.1) is 6.42 Å². The molecular weight excluding hydrogens is 226 g/mol. The number of thioether (sulfide) groups is 1. The van der Waals surface area contributed by atoms with E-state index in [0.717, 1.165) is 5.75 Å². The fraction of sp³-hybridized carbons (Fsp3) is 0.818. The molecule has 0 rings (SSSR count). The lowest BCUT2D eigenvalue weighted by atomic mass is 9.84. The minimum atomic E-state index is -0.884. The van der Waals surface area contributed by atoms with Gasteiger partial charge in [0.1, 0.15) is 0 Å². The Kier molecular flexibility index (Phi) is 6.48. The van der Waals surface area contributed by atoms with E-state index < -0.39 is 5.97 Å². The van der Waals surface area contributed by atoms with Gasteiger partial charge in [-0.25, -0.2) is 0 Å². The average molecular weight is 247 g/mol. The van der Waals surface area contributed by atoms with Crippen molar-refractivity contribution in [2.75, 3.05) is 12.0 Å². The summed E-state index contributed by atoms with van der Waals surface area (Å²) in [6.07, 6.45) is 2.34. The normalized spacial score (nSPS) is 13.2. The van der Waals surface area contributed by atoms with Gasteiger partial charge in [0.2, 0.25) is 5.91 Å². The van der Waals surface area contributed by atoms with E-state index in [4.69, 9.17) is 5.11 Å². The zero-order chi connectivity index (χ0) is 12.8. The molecule has 0 spiro atoms. The van der Waals surface area contributed by atoms with Crippen molar-refractivity contribution in [1.29, 1.82) is 0 Å². The van der Waals surface area contributed by atoms with Crippen molar-refractivity contribution < 1.29 is 14.7 Å². The van der Waals surface area contributed by atoms with Crippen LogP contribution in [0.15, 0.2) is 0 Å². The smallest absolute Gasteiger partial charge is 0.305 e. The monoisotopic (exact) mass is 247 g/mol. The highest BCUT2D eigenvalue weighted by atomic mass is 32.2. The molecule has 0 aliphatic rings. The van der Waals surface area contributed by atoms with Crippen molar-refractivity contribution in [3.8, 4) is 0 Å². The lowest BCUT2D eigenvalue weighted by Gasteiger charge is -2.30. The van der Waals surface area contributed by atoms with Crippen LogP contribution in [0.25, 0.3) is 0 Å². The van der Waals surface area contributed by atoms with E-state index in [1.54, 1.807) is 11.8 Å². The number of hydrogen-bond donors (Lipinski definition) is 2. The van der Waals surface area contributed by atoms with Gasteiger partial charge in [-0.1, -0.05) is 20.8 Å². The number of nitrogens with one attached hydrogen (secondary N) is 1. The number of amides is 1. The van der Waals surface area contributed by atoms with Crippen LogP contribution < -0.4 is 5.32 Å². The first-order valence-corrected chi connectivity index (χ1v) is 6.67. The Balaban J connectivity index is 4.32. The predicted octanol–water partition coefficient (Wildman–Crippen LogP) is 1.75. The Labute approximate surface area is 101 Å². The van der Waals surface area contributed by atoms with Crippen molar-refractivity contribution in [2.45, 2.75) is 39.7 Å². The summed E-state index contributed by atoms with van der Waals surface area (Å²) in [5.74, 6) is -0.198. The van der Waals surface area contributed by atoms with Crippen LogP contribution in [0.2, 0.25) is 0 Å². The molecule has 94 valence electrons. The molecule has 1 atom stereocenters. The number of aliphatic carboxylic acids is 1. The standard InChI is InChI=1S/C11H21NO3S/c1-11(2,3)8(7-10(14)15)12-9(13)5-6-16-4/h8H,5-7H2,1-4H3,(H,12,13)(H,14,15). The number of carboxylic acids is 1. The quantitative estimate of drug-likeness (QED) is 0.750. The predicted molar refractivity (Wildman–Crippen MR) is 66.6 cm³/mol. The first kappa shape index (κ1) is 15.3. The SMILES string of the molecule is CSCCC(=O)NC(CC(=O)O)C(C)(C)C. The second-order valence-corrected chi connectivity index (χ2v) is 5.81. The van der Waals surface area contributed by atoms with Gasteiger partial charge in [-0.3, -0.25) is 9.59 Å². The lowest BCUT2D eigenvalue weighted by Crippen LogP contribution is -2.45. The second-order valence-electron chi connectivity index (χ2n) is 4.83. The molecule has 0 saturated carbocycles. The maximum absolute atomic E-state index is 11.5. The molecule has 0 aromatic heterocycles. The third kappa shape index (κ3) is 6.71. The fourth-order valence-corrected chi connectivity index (χ4v) is 1.60. The molecule has 0 aliphatic carbocycles. The van der Waals surface area contributed by atoms with Crippen LogP contribution in [0.3, 0.4) is 0 Å². The summed E-state index contributed by atoms with van der Waals surface area (Å²) in [4.78, 5) is 22.2. The minimum Gasteiger partial charge on any atom is -0.481 e. The van der Waals surface area contributed by atoms with Crippen molar-refractivity contribution in [2.24, 2.45) is 5.41 Å². The molecule has 2 N–H and O–H groups in total. The number of rotatable bonds is 6. The van der Waals surface area contributed by atoms with Gasteiger partial charge < -0.3 is 10.4 Å². The van der Waals surface area contributed by atoms with Crippen LogP contribution in [0.4, 0.5) is 0 Å². The second kappa shape index (κ2) is 6.78. The summed E-state index contributed by atoms with van der Waals surface area (Å²) >= 11 is 1.60. The van der Waals surface area contributed by atoms with Crippen molar-refractivity contribution in [3.63, 3.8) is 0 Å². The summed E-state index contributed by atoms with van der Waals surface area (Å²) in [5, 5.41) is 11.6. The van der Waals surface area contributed by atoms with E-state index >= 15 is 0 Å². The van der Waals surface area contributed by atoms with Crippen molar-refractivity contribution >= 4 is 23.6 Å². The largest absolute Gasteiger partial charge is 0.481 e. The first-order valence-electron chi connectivity index (χ1n) is 5.27. The Morgan fingerprint density at radius 2 is 1.94 bits per heavy atom. The Morgan fingerprint density at radius 3 is 2.31 bits per heavy atom. The van der Waals surface area contributed by atoms with E-state index in [0.29, 0.717) is 6.42 Å². The van der Waals surface area contributed by atoms with E-state index in [1.165, 1.54) is 0 Å². The van der Waals surface area contributed by atoms with Gasteiger partial charge in [-0.2, -0.15) is 11.8 Å². The topological polar surface area (TPSA) is 66.4 Å². The van der Waals surface area contributed by atoms with Crippen molar-refractivity contribution in [1.82, 2.24) is 5.32 Å². The molecule has 0 aliphatic heterocycles. The van der Waals surface area contributed by atoms with Crippen LogP contribution >= 0.6 is 11.8 Å². The lowest BCUT2D eigenvalue weighted by molar-refractivity contribution is -0.138. The number of carbonyl (C=O) groups excluding carboxylic acids is 1. The van der Waals surface area contributed by atoms with Crippen LogP contribution in [0.1, 0.15) is 33.6 Å². The van der Waals surface area contributed by atoms with Crippen LogP contribution in [0.5, 0.6) is 0 Å². The summed E-state index contributed by atoms with van der Waals surface area (Å²) in [7, 11) is 0. The maximum atomic E-state index is 11.5. The van der Waals surface area contributed by atoms with Gasteiger partial charge in [0.15, 0.2) is 0 Å². The maximum Gasteiger partial charge on any atom is 0.305 e. The summed E-state index contributed by atoms with van der Waals surface area (Å²) in [6.45, 7) is 5.78. The molecule has 0 saturated heterocycles. The zero-order valence-corrected chi connectivity index (χ0v) is 11.2. The summed E-state index contributed by atoms with van der Waals surface area (Å²) in [5.41, 5.74) is -0.243. The molecule has 1 amide bonds. The summed E-state index contributed by atoms with van der Waals surface area (Å²) in [6, 6.07) is -0.320. The van der Waals surface area contributed by atoms with Gasteiger partial charge in [0.25, 0.3) is 0 Å². The number of hydrogen-bond acceptors (Lipinski definition) is 3. The average Bonchev–Trinajstić information content (AvgIpc) is 2.11. The molecule has 0 fully saturated rings. The molecule has 0 bridgehead atoms. The molecule has 0 heterocycles. The van der Waals surface area contributed by atoms with Crippen molar-refractivity contribution in [3.05, 3.63) is 0 Å².